The van der Waals surface area contributed by atoms with Crippen LogP contribution in [0.4, 0.5) is 5.69 Å². The molecule has 2 amide bonds. The molecule has 6 heteroatoms. The summed E-state index contributed by atoms with van der Waals surface area (Å²) < 4.78 is 5.23. The number of nitrogens with zero attached hydrogens (tertiary/aromatic N) is 1. The molecule has 1 aliphatic rings. The summed E-state index contributed by atoms with van der Waals surface area (Å²) in [7, 11) is 1.59. The van der Waals surface area contributed by atoms with Gasteiger partial charge < -0.3 is 15.0 Å². The summed E-state index contributed by atoms with van der Waals surface area (Å²) in [6, 6.07) is 20.8. The maximum absolute atomic E-state index is 13.4. The molecule has 2 aromatic carbocycles. The van der Waals surface area contributed by atoms with Gasteiger partial charge in [0.15, 0.2) is 0 Å². The van der Waals surface area contributed by atoms with Crippen molar-refractivity contribution >= 4 is 17.5 Å². The number of ether oxygens (including phenoxy) is 1. The lowest BCUT2D eigenvalue weighted by atomic mass is 10.2. The molecule has 1 aromatic heterocycles. The van der Waals surface area contributed by atoms with Crippen molar-refractivity contribution in [3.05, 3.63) is 72.4 Å². The number of aromatic amines is 1. The van der Waals surface area contributed by atoms with Crippen LogP contribution < -0.4 is 15.0 Å². The van der Waals surface area contributed by atoms with Gasteiger partial charge in [-0.3, -0.25) is 14.5 Å². The van der Waals surface area contributed by atoms with Gasteiger partial charge in [0.25, 0.3) is 5.91 Å². The number of carbonyl (C=O) groups is 2. The van der Waals surface area contributed by atoms with Gasteiger partial charge in [-0.1, -0.05) is 43.2 Å². The molecule has 0 spiro atoms. The third-order valence-electron chi connectivity index (χ3n) is 5.65. The van der Waals surface area contributed by atoms with E-state index < -0.39 is 0 Å². The van der Waals surface area contributed by atoms with Crippen LogP contribution in [0.15, 0.2) is 66.7 Å². The predicted molar refractivity (Wildman–Crippen MR) is 121 cm³/mol. The van der Waals surface area contributed by atoms with Crippen LogP contribution >= 0.6 is 0 Å². The van der Waals surface area contributed by atoms with Crippen LogP contribution in [-0.2, 0) is 4.79 Å². The molecule has 6 nitrogen and oxygen atoms in total. The first-order valence-electron chi connectivity index (χ1n) is 10.6. The zero-order valence-corrected chi connectivity index (χ0v) is 17.6. The molecular formula is C25H27N3O3. The first-order valence-corrected chi connectivity index (χ1v) is 10.6. The van der Waals surface area contributed by atoms with Crippen LogP contribution in [0.3, 0.4) is 0 Å². The highest BCUT2D eigenvalue weighted by Crippen LogP contribution is 2.24. The highest BCUT2D eigenvalue weighted by atomic mass is 16.5. The molecular weight excluding hydrogens is 390 g/mol. The minimum Gasteiger partial charge on any atom is -0.497 e. The van der Waals surface area contributed by atoms with Gasteiger partial charge in [0.2, 0.25) is 5.91 Å². The fourth-order valence-corrected chi connectivity index (χ4v) is 3.98. The fraction of sp³-hybridized carbons (Fsp3) is 0.280. The Morgan fingerprint density at radius 1 is 1.00 bits per heavy atom. The van der Waals surface area contributed by atoms with Gasteiger partial charge in [0, 0.05) is 17.4 Å². The van der Waals surface area contributed by atoms with E-state index in [4.69, 9.17) is 4.74 Å². The Bertz CT molecular complexity index is 1020. The summed E-state index contributed by atoms with van der Waals surface area (Å²) in [6.45, 7) is -0.0403. The molecule has 4 rings (SSSR count). The molecule has 0 bridgehead atoms. The van der Waals surface area contributed by atoms with E-state index in [-0.39, 0.29) is 24.4 Å². The van der Waals surface area contributed by atoms with Crippen molar-refractivity contribution in [3.8, 4) is 17.0 Å². The number of methoxy groups -OCH3 is 1. The second-order valence-electron chi connectivity index (χ2n) is 7.79. The molecule has 1 aliphatic carbocycles. The third-order valence-corrected chi connectivity index (χ3v) is 5.65. The van der Waals surface area contributed by atoms with Gasteiger partial charge >= 0.3 is 0 Å². The molecule has 0 saturated heterocycles. The minimum atomic E-state index is -0.256. The van der Waals surface area contributed by atoms with E-state index in [1.54, 1.807) is 37.4 Å². The van der Waals surface area contributed by atoms with E-state index in [0.29, 0.717) is 17.1 Å². The van der Waals surface area contributed by atoms with Gasteiger partial charge in [-0.15, -0.1) is 0 Å². The number of amides is 2. The highest BCUT2D eigenvalue weighted by Gasteiger charge is 2.24. The molecule has 2 N–H and O–H groups in total. The Hall–Kier alpha value is -3.54. The van der Waals surface area contributed by atoms with Crippen molar-refractivity contribution in [1.82, 2.24) is 10.3 Å². The van der Waals surface area contributed by atoms with Crippen molar-refractivity contribution in [2.24, 2.45) is 0 Å². The number of aromatic nitrogens is 1. The Morgan fingerprint density at radius 3 is 2.39 bits per heavy atom. The number of anilines is 1. The van der Waals surface area contributed by atoms with Gasteiger partial charge in [-0.2, -0.15) is 0 Å². The summed E-state index contributed by atoms with van der Waals surface area (Å²) in [6.07, 6.45) is 4.27. The van der Waals surface area contributed by atoms with E-state index in [1.807, 2.05) is 36.4 Å². The average Bonchev–Trinajstić information content (AvgIpc) is 3.50. The van der Waals surface area contributed by atoms with Crippen LogP contribution in [0.1, 0.15) is 36.2 Å². The van der Waals surface area contributed by atoms with Gasteiger partial charge in [0.05, 0.1) is 7.11 Å². The van der Waals surface area contributed by atoms with Crippen LogP contribution in [-0.4, -0.2) is 36.5 Å². The second kappa shape index (κ2) is 9.51. The standard InChI is InChI=1S/C25H27N3O3/c1-31-21-13-11-20(12-14-21)28(17-24(29)26-19-9-5-6-10-19)25(30)23-16-15-22(27-23)18-7-3-2-4-8-18/h2-4,7-8,11-16,19,27H,5-6,9-10,17H2,1H3,(H,26,29). The molecule has 31 heavy (non-hydrogen) atoms. The summed E-state index contributed by atoms with van der Waals surface area (Å²) >= 11 is 0. The van der Waals surface area contributed by atoms with E-state index >= 15 is 0 Å². The lowest BCUT2D eigenvalue weighted by molar-refractivity contribution is -0.120. The number of benzene rings is 2. The number of hydrogen-bond donors (Lipinski definition) is 2. The van der Waals surface area contributed by atoms with Crippen molar-refractivity contribution in [2.75, 3.05) is 18.6 Å². The van der Waals surface area contributed by atoms with Gasteiger partial charge in [-0.25, -0.2) is 0 Å². The fourth-order valence-electron chi connectivity index (χ4n) is 3.98. The zero-order chi connectivity index (χ0) is 21.6. The molecule has 3 aromatic rings. The second-order valence-corrected chi connectivity index (χ2v) is 7.79. The molecule has 1 heterocycles. The largest absolute Gasteiger partial charge is 0.497 e. The number of nitrogens with one attached hydrogen (secondary N) is 2. The quantitative estimate of drug-likeness (QED) is 0.599. The molecule has 1 fully saturated rings. The van der Waals surface area contributed by atoms with Crippen LogP contribution in [0, 0.1) is 0 Å². The average molecular weight is 418 g/mol. The maximum atomic E-state index is 13.4. The molecule has 0 radical (unpaired) electrons. The summed E-state index contributed by atoms with van der Waals surface area (Å²) in [4.78, 5) is 30.8. The van der Waals surface area contributed by atoms with Crippen molar-refractivity contribution in [3.63, 3.8) is 0 Å². The molecule has 0 aliphatic heterocycles. The summed E-state index contributed by atoms with van der Waals surface area (Å²) in [5.41, 5.74) is 2.93. The maximum Gasteiger partial charge on any atom is 0.275 e. The Balaban J connectivity index is 1.57. The number of hydrogen-bond acceptors (Lipinski definition) is 3. The van der Waals surface area contributed by atoms with Crippen LogP contribution in [0.5, 0.6) is 5.75 Å². The predicted octanol–water partition coefficient (Wildman–Crippen LogP) is 4.40. The number of carbonyl (C=O) groups excluding carboxylic acids is 2. The smallest absolute Gasteiger partial charge is 0.275 e. The molecule has 0 atom stereocenters. The number of H-pyrrole nitrogens is 1. The monoisotopic (exact) mass is 417 g/mol. The number of rotatable bonds is 7. The lowest BCUT2D eigenvalue weighted by Gasteiger charge is -2.23. The van der Waals surface area contributed by atoms with Crippen molar-refractivity contribution in [1.29, 1.82) is 0 Å². The Labute approximate surface area is 182 Å². The minimum absolute atomic E-state index is 0.0403. The molecule has 0 unspecified atom stereocenters. The summed E-state index contributed by atoms with van der Waals surface area (Å²) in [5.74, 6) is 0.289. The SMILES string of the molecule is COc1ccc(N(CC(=O)NC2CCCC2)C(=O)c2ccc(-c3ccccc3)[nH]2)cc1. The van der Waals surface area contributed by atoms with E-state index in [0.717, 1.165) is 36.9 Å². The van der Waals surface area contributed by atoms with Crippen molar-refractivity contribution in [2.45, 2.75) is 31.7 Å². The topological polar surface area (TPSA) is 74.4 Å². The van der Waals surface area contributed by atoms with Crippen molar-refractivity contribution < 1.29 is 14.3 Å². The van der Waals surface area contributed by atoms with Gasteiger partial charge in [-0.05, 0) is 54.8 Å². The highest BCUT2D eigenvalue weighted by molar-refractivity contribution is 6.08. The zero-order valence-electron chi connectivity index (χ0n) is 17.6. The van der Waals surface area contributed by atoms with Crippen LogP contribution in [0.25, 0.3) is 11.3 Å². The molecule has 1 saturated carbocycles. The summed E-state index contributed by atoms with van der Waals surface area (Å²) in [5, 5.41) is 3.07. The first kappa shape index (κ1) is 20.7. The Morgan fingerprint density at radius 2 is 1.71 bits per heavy atom. The van der Waals surface area contributed by atoms with Crippen LogP contribution in [0.2, 0.25) is 0 Å². The van der Waals surface area contributed by atoms with E-state index in [9.17, 15) is 9.59 Å². The van der Waals surface area contributed by atoms with E-state index in [1.165, 1.54) is 4.90 Å². The lowest BCUT2D eigenvalue weighted by Crippen LogP contribution is -2.43. The normalized spacial score (nSPS) is 13.7. The van der Waals surface area contributed by atoms with E-state index in [2.05, 4.69) is 10.3 Å². The van der Waals surface area contributed by atoms with Gasteiger partial charge in [0.1, 0.15) is 18.0 Å². The Kier molecular flexibility index (Phi) is 6.36. The molecule has 160 valence electrons. The first-order chi connectivity index (χ1) is 15.1. The third kappa shape index (κ3) is 4.97.